The number of aryl methyl sites for hydroxylation is 1. The molecular formula is C16H17N3OS. The summed E-state index contributed by atoms with van der Waals surface area (Å²) < 4.78 is 8.38. The lowest BCUT2D eigenvalue weighted by Crippen LogP contribution is -2.02. The van der Waals surface area contributed by atoms with Crippen molar-refractivity contribution in [3.05, 3.63) is 52.6 Å². The van der Waals surface area contributed by atoms with Crippen molar-refractivity contribution in [2.75, 3.05) is 6.61 Å². The van der Waals surface area contributed by atoms with Gasteiger partial charge in [-0.1, -0.05) is 12.1 Å². The fourth-order valence-electron chi connectivity index (χ4n) is 2.44. The molecule has 0 saturated heterocycles. The number of fused-ring (bicyclic) bond motifs is 1. The van der Waals surface area contributed by atoms with Crippen LogP contribution in [0.15, 0.2) is 36.4 Å². The first kappa shape index (κ1) is 13.8. The summed E-state index contributed by atoms with van der Waals surface area (Å²) >= 11 is 5.45. The molecule has 4 nitrogen and oxygen atoms in total. The number of nitrogens with one attached hydrogen (secondary N) is 1. The van der Waals surface area contributed by atoms with Gasteiger partial charge in [-0.3, -0.25) is 4.98 Å². The minimum Gasteiger partial charge on any atom is -0.492 e. The Hall–Kier alpha value is -2.14. The van der Waals surface area contributed by atoms with Gasteiger partial charge in [-0.2, -0.15) is 0 Å². The zero-order chi connectivity index (χ0) is 14.8. The van der Waals surface area contributed by atoms with E-state index in [1.54, 1.807) is 0 Å². The van der Waals surface area contributed by atoms with E-state index in [1.165, 1.54) is 0 Å². The third-order valence-corrected chi connectivity index (χ3v) is 3.66. The third-order valence-electron chi connectivity index (χ3n) is 3.34. The molecule has 3 rings (SSSR count). The maximum atomic E-state index is 5.65. The summed E-state index contributed by atoms with van der Waals surface area (Å²) in [6, 6.07) is 12.0. The number of aromatic nitrogens is 3. The number of benzene rings is 1. The van der Waals surface area contributed by atoms with Crippen LogP contribution in [-0.2, 0) is 6.54 Å². The summed E-state index contributed by atoms with van der Waals surface area (Å²) in [6.45, 7) is 5.24. The van der Waals surface area contributed by atoms with Crippen LogP contribution in [0.2, 0.25) is 0 Å². The zero-order valence-electron chi connectivity index (χ0n) is 12.1. The fraction of sp³-hybridized carbons (Fsp3) is 0.250. The highest BCUT2D eigenvalue weighted by Crippen LogP contribution is 2.25. The van der Waals surface area contributed by atoms with E-state index in [1.807, 2.05) is 50.2 Å². The molecule has 2 heterocycles. The molecule has 0 aliphatic heterocycles. The quantitative estimate of drug-likeness (QED) is 0.744. The molecule has 0 amide bonds. The van der Waals surface area contributed by atoms with Crippen molar-refractivity contribution in [1.29, 1.82) is 0 Å². The number of hydrogen-bond acceptors (Lipinski definition) is 3. The van der Waals surface area contributed by atoms with Gasteiger partial charge in [0.25, 0.3) is 0 Å². The normalized spacial score (nSPS) is 11.0. The molecule has 0 aliphatic rings. The van der Waals surface area contributed by atoms with E-state index in [0.29, 0.717) is 17.9 Å². The molecule has 5 heteroatoms. The van der Waals surface area contributed by atoms with E-state index in [0.717, 1.165) is 28.2 Å². The molecule has 0 atom stereocenters. The van der Waals surface area contributed by atoms with Gasteiger partial charge in [0.2, 0.25) is 0 Å². The van der Waals surface area contributed by atoms with Crippen molar-refractivity contribution >= 4 is 23.3 Å². The van der Waals surface area contributed by atoms with E-state index < -0.39 is 0 Å². The monoisotopic (exact) mass is 299 g/mol. The van der Waals surface area contributed by atoms with E-state index in [9.17, 15) is 0 Å². The molecule has 0 bridgehead atoms. The first-order chi connectivity index (χ1) is 10.2. The Balaban J connectivity index is 2.08. The average molecular weight is 299 g/mol. The number of para-hydroxylation sites is 1. The summed E-state index contributed by atoms with van der Waals surface area (Å²) in [5.41, 5.74) is 3.98. The Kier molecular flexibility index (Phi) is 3.75. The number of rotatable bonds is 4. The van der Waals surface area contributed by atoms with Gasteiger partial charge >= 0.3 is 0 Å². The van der Waals surface area contributed by atoms with Gasteiger partial charge in [-0.25, -0.2) is 0 Å². The molecular weight excluding hydrogens is 282 g/mol. The predicted molar refractivity (Wildman–Crippen MR) is 86.4 cm³/mol. The van der Waals surface area contributed by atoms with Crippen molar-refractivity contribution in [2.24, 2.45) is 0 Å². The number of pyridine rings is 1. The highest BCUT2D eigenvalue weighted by molar-refractivity contribution is 7.71. The molecule has 1 N–H and O–H groups in total. The van der Waals surface area contributed by atoms with Gasteiger partial charge in [0.1, 0.15) is 11.3 Å². The smallest absolute Gasteiger partial charge is 0.178 e. The molecule has 0 unspecified atom stereocenters. The standard InChI is InChI=1S/C16H17N3OS/c1-3-20-14-9-5-8-13-15(14)18-16(21)19(13)10-12-7-4-6-11(2)17-12/h4-9H,3,10H2,1-2H3,(H,18,21). The largest absolute Gasteiger partial charge is 0.492 e. The first-order valence-corrected chi connectivity index (χ1v) is 7.36. The van der Waals surface area contributed by atoms with Crippen molar-refractivity contribution in [3.63, 3.8) is 0 Å². The molecule has 0 aliphatic carbocycles. The topological polar surface area (TPSA) is 42.8 Å². The Bertz CT molecular complexity index is 835. The van der Waals surface area contributed by atoms with Crippen molar-refractivity contribution in [3.8, 4) is 5.75 Å². The van der Waals surface area contributed by atoms with Crippen LogP contribution in [0.1, 0.15) is 18.3 Å². The molecule has 0 fully saturated rings. The van der Waals surface area contributed by atoms with Crippen LogP contribution < -0.4 is 4.74 Å². The highest BCUT2D eigenvalue weighted by Gasteiger charge is 2.10. The van der Waals surface area contributed by atoms with Crippen LogP contribution >= 0.6 is 12.2 Å². The Labute approximate surface area is 128 Å². The SMILES string of the molecule is CCOc1cccc2c1[nH]c(=S)n2Cc1cccc(C)n1. The summed E-state index contributed by atoms with van der Waals surface area (Å²) in [6.07, 6.45) is 0. The number of H-pyrrole nitrogens is 1. The van der Waals surface area contributed by atoms with Gasteiger partial charge in [-0.05, 0) is 50.3 Å². The van der Waals surface area contributed by atoms with Crippen molar-refractivity contribution < 1.29 is 4.74 Å². The molecule has 0 saturated carbocycles. The zero-order valence-corrected chi connectivity index (χ0v) is 12.9. The number of ether oxygens (including phenoxy) is 1. The van der Waals surface area contributed by atoms with Crippen molar-refractivity contribution in [1.82, 2.24) is 14.5 Å². The molecule has 2 aromatic heterocycles. The van der Waals surface area contributed by atoms with Gasteiger partial charge < -0.3 is 14.3 Å². The lowest BCUT2D eigenvalue weighted by atomic mass is 10.2. The third kappa shape index (κ3) is 2.69. The summed E-state index contributed by atoms with van der Waals surface area (Å²) in [7, 11) is 0. The van der Waals surface area contributed by atoms with Crippen LogP contribution in [-0.4, -0.2) is 21.1 Å². The minimum absolute atomic E-state index is 0.629. The number of imidazole rings is 1. The van der Waals surface area contributed by atoms with Crippen LogP contribution in [0, 0.1) is 11.7 Å². The minimum atomic E-state index is 0.629. The van der Waals surface area contributed by atoms with E-state index in [-0.39, 0.29) is 0 Å². The number of aromatic amines is 1. The van der Waals surface area contributed by atoms with Crippen LogP contribution in [0.5, 0.6) is 5.75 Å². The molecule has 21 heavy (non-hydrogen) atoms. The lowest BCUT2D eigenvalue weighted by Gasteiger charge is -2.07. The predicted octanol–water partition coefficient (Wildman–Crippen LogP) is 3.85. The first-order valence-electron chi connectivity index (χ1n) is 6.96. The van der Waals surface area contributed by atoms with E-state index in [2.05, 4.69) is 14.5 Å². The molecule has 0 spiro atoms. The van der Waals surface area contributed by atoms with Crippen LogP contribution in [0.4, 0.5) is 0 Å². The summed E-state index contributed by atoms with van der Waals surface area (Å²) in [5, 5.41) is 0. The van der Waals surface area contributed by atoms with Gasteiger partial charge in [0, 0.05) is 5.69 Å². The Morgan fingerprint density at radius 2 is 2.05 bits per heavy atom. The second kappa shape index (κ2) is 5.69. The molecule has 1 aromatic carbocycles. The Morgan fingerprint density at radius 1 is 1.24 bits per heavy atom. The second-order valence-electron chi connectivity index (χ2n) is 4.87. The second-order valence-corrected chi connectivity index (χ2v) is 5.26. The van der Waals surface area contributed by atoms with E-state index >= 15 is 0 Å². The van der Waals surface area contributed by atoms with Gasteiger partial charge in [0.15, 0.2) is 4.77 Å². The maximum Gasteiger partial charge on any atom is 0.178 e. The fourth-order valence-corrected chi connectivity index (χ4v) is 2.70. The van der Waals surface area contributed by atoms with Gasteiger partial charge in [-0.15, -0.1) is 0 Å². The lowest BCUT2D eigenvalue weighted by molar-refractivity contribution is 0.343. The maximum absolute atomic E-state index is 5.65. The van der Waals surface area contributed by atoms with Crippen LogP contribution in [0.25, 0.3) is 11.0 Å². The summed E-state index contributed by atoms with van der Waals surface area (Å²) in [4.78, 5) is 7.78. The highest BCUT2D eigenvalue weighted by atomic mass is 32.1. The van der Waals surface area contributed by atoms with Crippen LogP contribution in [0.3, 0.4) is 0 Å². The summed E-state index contributed by atoms with van der Waals surface area (Å²) in [5.74, 6) is 0.831. The Morgan fingerprint density at radius 3 is 2.81 bits per heavy atom. The molecule has 0 radical (unpaired) electrons. The average Bonchev–Trinajstić information content (AvgIpc) is 2.77. The number of nitrogens with zero attached hydrogens (tertiary/aromatic N) is 2. The molecule has 3 aromatic rings. The van der Waals surface area contributed by atoms with Gasteiger partial charge in [0.05, 0.1) is 24.4 Å². The van der Waals surface area contributed by atoms with Crippen molar-refractivity contribution in [2.45, 2.75) is 20.4 Å². The number of hydrogen-bond donors (Lipinski definition) is 1. The molecule has 108 valence electrons. The van der Waals surface area contributed by atoms with E-state index in [4.69, 9.17) is 17.0 Å².